The molecule has 0 aliphatic heterocycles. The maximum absolute atomic E-state index is 12.8. The number of aromatic nitrogens is 3. The van der Waals surface area contributed by atoms with Crippen LogP contribution in [0, 0.1) is 0 Å². The van der Waals surface area contributed by atoms with E-state index in [1.54, 1.807) is 31.6 Å². The van der Waals surface area contributed by atoms with E-state index in [-0.39, 0.29) is 5.02 Å². The van der Waals surface area contributed by atoms with E-state index in [1.165, 1.54) is 6.07 Å². The molecular formula is C17H13ClF3N5. The second-order valence-electron chi connectivity index (χ2n) is 5.27. The largest absolute Gasteiger partial charge is 0.416 e. The Hall–Kier alpha value is -2.87. The molecule has 2 N–H and O–H groups in total. The van der Waals surface area contributed by atoms with E-state index in [9.17, 15) is 13.2 Å². The monoisotopic (exact) mass is 379 g/mol. The molecule has 134 valence electrons. The van der Waals surface area contributed by atoms with Crippen LogP contribution in [-0.4, -0.2) is 22.0 Å². The normalized spacial score (nSPS) is 11.3. The zero-order chi connectivity index (χ0) is 18.7. The lowest BCUT2D eigenvalue weighted by molar-refractivity contribution is -0.137. The highest BCUT2D eigenvalue weighted by atomic mass is 35.5. The first kappa shape index (κ1) is 17.9. The summed E-state index contributed by atoms with van der Waals surface area (Å²) < 4.78 is 38.3. The van der Waals surface area contributed by atoms with Crippen LogP contribution in [0.3, 0.4) is 0 Å². The molecule has 1 aromatic carbocycles. The van der Waals surface area contributed by atoms with Crippen molar-refractivity contribution in [3.63, 3.8) is 0 Å². The van der Waals surface area contributed by atoms with Gasteiger partial charge in [-0.1, -0.05) is 11.6 Å². The van der Waals surface area contributed by atoms with Crippen molar-refractivity contribution >= 4 is 29.1 Å². The SMILES string of the molecule is CNc1nc(Nc2ccc(C(F)(F)F)cc2Cl)cc(-c2cccnc2)n1. The number of benzene rings is 1. The lowest BCUT2D eigenvalue weighted by Gasteiger charge is -2.13. The Balaban J connectivity index is 1.95. The first-order chi connectivity index (χ1) is 12.4. The zero-order valence-corrected chi connectivity index (χ0v) is 14.2. The molecule has 0 aliphatic carbocycles. The minimum absolute atomic E-state index is 0.0626. The number of nitrogens with zero attached hydrogens (tertiary/aromatic N) is 3. The molecule has 5 nitrogen and oxygen atoms in total. The minimum atomic E-state index is -4.45. The van der Waals surface area contributed by atoms with E-state index >= 15 is 0 Å². The van der Waals surface area contributed by atoms with Crippen molar-refractivity contribution in [2.45, 2.75) is 6.18 Å². The number of alkyl halides is 3. The summed E-state index contributed by atoms with van der Waals surface area (Å²) in [6, 6.07) is 8.35. The van der Waals surface area contributed by atoms with E-state index in [4.69, 9.17) is 11.6 Å². The smallest absolute Gasteiger partial charge is 0.357 e. The number of halogens is 4. The molecule has 0 atom stereocenters. The van der Waals surface area contributed by atoms with E-state index in [0.29, 0.717) is 23.1 Å². The Labute approximate surface area is 152 Å². The fourth-order valence-corrected chi connectivity index (χ4v) is 2.44. The first-order valence-corrected chi connectivity index (χ1v) is 7.85. The first-order valence-electron chi connectivity index (χ1n) is 7.48. The molecule has 0 unspecified atom stereocenters. The predicted octanol–water partition coefficient (Wildman–Crippen LogP) is 5.00. The molecule has 0 fully saturated rings. The third-order valence-electron chi connectivity index (χ3n) is 3.47. The Morgan fingerprint density at radius 2 is 1.88 bits per heavy atom. The van der Waals surface area contributed by atoms with Gasteiger partial charge in [0.1, 0.15) is 5.82 Å². The molecule has 2 aromatic heterocycles. The van der Waals surface area contributed by atoms with E-state index in [1.807, 2.05) is 6.07 Å². The summed E-state index contributed by atoms with van der Waals surface area (Å²) in [7, 11) is 1.66. The van der Waals surface area contributed by atoms with E-state index < -0.39 is 11.7 Å². The van der Waals surface area contributed by atoms with Gasteiger partial charge in [0.05, 0.1) is 22.0 Å². The third kappa shape index (κ3) is 4.02. The fraction of sp³-hybridized carbons (Fsp3) is 0.118. The molecule has 0 saturated carbocycles. The molecule has 0 bridgehead atoms. The van der Waals surface area contributed by atoms with Gasteiger partial charge in [0.2, 0.25) is 5.95 Å². The Bertz CT molecular complexity index is 916. The standard InChI is InChI=1S/C17H13ClF3N5/c1-22-16-25-14(10-3-2-6-23-9-10)8-15(26-16)24-13-5-4-11(7-12(13)18)17(19,20)21/h2-9H,1H3,(H2,22,24,25,26). The third-order valence-corrected chi connectivity index (χ3v) is 3.78. The molecule has 3 rings (SSSR count). The van der Waals surface area contributed by atoms with Gasteiger partial charge in [-0.05, 0) is 30.3 Å². The molecule has 0 aliphatic rings. The highest BCUT2D eigenvalue weighted by molar-refractivity contribution is 6.33. The minimum Gasteiger partial charge on any atom is -0.357 e. The van der Waals surface area contributed by atoms with Crippen LogP contribution in [-0.2, 0) is 6.18 Å². The van der Waals surface area contributed by atoms with Crippen molar-refractivity contribution in [1.29, 1.82) is 0 Å². The molecule has 2 heterocycles. The maximum atomic E-state index is 12.8. The van der Waals surface area contributed by atoms with Crippen LogP contribution in [0.5, 0.6) is 0 Å². The van der Waals surface area contributed by atoms with Gasteiger partial charge < -0.3 is 10.6 Å². The van der Waals surface area contributed by atoms with Crippen LogP contribution >= 0.6 is 11.6 Å². The summed E-state index contributed by atoms with van der Waals surface area (Å²) in [6.07, 6.45) is -1.16. The summed E-state index contributed by atoms with van der Waals surface area (Å²) in [5.41, 5.74) is 0.858. The molecule has 0 amide bonds. The molecule has 26 heavy (non-hydrogen) atoms. The average molecular weight is 380 g/mol. The second-order valence-corrected chi connectivity index (χ2v) is 5.68. The van der Waals surface area contributed by atoms with Crippen molar-refractivity contribution in [1.82, 2.24) is 15.0 Å². The molecule has 0 radical (unpaired) electrons. The maximum Gasteiger partial charge on any atom is 0.416 e. The lowest BCUT2D eigenvalue weighted by Crippen LogP contribution is -2.06. The Kier molecular flexibility index (Phi) is 4.94. The Morgan fingerprint density at radius 1 is 1.08 bits per heavy atom. The summed E-state index contributed by atoms with van der Waals surface area (Å²) in [4.78, 5) is 12.6. The van der Waals surface area contributed by atoms with Gasteiger partial charge in [-0.3, -0.25) is 4.98 Å². The van der Waals surface area contributed by atoms with Gasteiger partial charge in [-0.25, -0.2) is 4.98 Å². The van der Waals surface area contributed by atoms with Gasteiger partial charge in [0.15, 0.2) is 0 Å². The van der Waals surface area contributed by atoms with Gasteiger partial charge in [-0.15, -0.1) is 0 Å². The van der Waals surface area contributed by atoms with Crippen LogP contribution in [0.4, 0.5) is 30.6 Å². The van der Waals surface area contributed by atoms with Crippen molar-refractivity contribution < 1.29 is 13.2 Å². The average Bonchev–Trinajstić information content (AvgIpc) is 2.63. The van der Waals surface area contributed by atoms with Crippen molar-refractivity contribution in [3.8, 4) is 11.3 Å². The number of hydrogen-bond donors (Lipinski definition) is 2. The molecule has 3 aromatic rings. The zero-order valence-electron chi connectivity index (χ0n) is 13.5. The second kappa shape index (κ2) is 7.17. The van der Waals surface area contributed by atoms with Crippen molar-refractivity contribution in [2.24, 2.45) is 0 Å². The fourth-order valence-electron chi connectivity index (χ4n) is 2.22. The van der Waals surface area contributed by atoms with Gasteiger partial charge >= 0.3 is 6.18 Å². The van der Waals surface area contributed by atoms with Crippen LogP contribution < -0.4 is 10.6 Å². The molecular weight excluding hydrogens is 367 g/mol. The number of hydrogen-bond acceptors (Lipinski definition) is 5. The highest BCUT2D eigenvalue weighted by Crippen LogP contribution is 2.35. The van der Waals surface area contributed by atoms with E-state index in [2.05, 4.69) is 25.6 Å². The van der Waals surface area contributed by atoms with Crippen molar-refractivity contribution in [3.05, 3.63) is 59.4 Å². The summed E-state index contributed by atoms with van der Waals surface area (Å²) in [5.74, 6) is 0.724. The number of rotatable bonds is 4. The van der Waals surface area contributed by atoms with E-state index in [0.717, 1.165) is 17.7 Å². The number of nitrogens with one attached hydrogen (secondary N) is 2. The summed E-state index contributed by atoms with van der Waals surface area (Å²) in [6.45, 7) is 0. The van der Waals surface area contributed by atoms with Crippen LogP contribution in [0.15, 0.2) is 48.8 Å². The van der Waals surface area contributed by atoms with Gasteiger partial charge in [-0.2, -0.15) is 18.2 Å². The quantitative estimate of drug-likeness (QED) is 0.668. The van der Waals surface area contributed by atoms with Crippen LogP contribution in [0.1, 0.15) is 5.56 Å². The molecule has 0 spiro atoms. The number of pyridine rings is 1. The Morgan fingerprint density at radius 3 is 2.50 bits per heavy atom. The number of anilines is 3. The van der Waals surface area contributed by atoms with Gasteiger partial charge in [0, 0.05) is 31.1 Å². The van der Waals surface area contributed by atoms with Gasteiger partial charge in [0.25, 0.3) is 0 Å². The lowest BCUT2D eigenvalue weighted by atomic mass is 10.2. The topological polar surface area (TPSA) is 62.7 Å². The van der Waals surface area contributed by atoms with Crippen LogP contribution in [0.2, 0.25) is 5.02 Å². The predicted molar refractivity (Wildman–Crippen MR) is 94.5 cm³/mol. The van der Waals surface area contributed by atoms with Crippen molar-refractivity contribution in [2.75, 3.05) is 17.7 Å². The molecule has 9 heteroatoms. The van der Waals surface area contributed by atoms with Crippen LogP contribution in [0.25, 0.3) is 11.3 Å². The summed E-state index contributed by atoms with van der Waals surface area (Å²) in [5, 5.41) is 5.70. The summed E-state index contributed by atoms with van der Waals surface area (Å²) >= 11 is 5.98. The molecule has 0 saturated heterocycles. The highest BCUT2D eigenvalue weighted by Gasteiger charge is 2.30.